The zero-order valence-electron chi connectivity index (χ0n) is 11.3. The van der Waals surface area contributed by atoms with Crippen molar-refractivity contribution in [3.63, 3.8) is 0 Å². The number of pyridine rings is 1. The zero-order chi connectivity index (χ0) is 15.6. The fourth-order valence-corrected chi connectivity index (χ4v) is 2.96. The second-order valence-electron chi connectivity index (χ2n) is 4.52. The fourth-order valence-electron chi connectivity index (χ4n) is 1.71. The number of hydrogen-bond acceptors (Lipinski definition) is 4. The molecule has 2 aromatic rings. The molecule has 0 radical (unpaired) electrons. The van der Waals surface area contributed by atoms with Crippen molar-refractivity contribution in [3.05, 3.63) is 60.4 Å². The number of rotatable bonds is 4. The number of carboxylic acid groups (broad SMARTS) is 1. The van der Waals surface area contributed by atoms with Crippen LogP contribution in [0, 0.1) is 0 Å². The fraction of sp³-hybridized carbons (Fsp3) is 0.0667. The predicted octanol–water partition coefficient (Wildman–Crippen LogP) is 2.65. The number of carboxylic acids is 1. The van der Waals surface area contributed by atoms with Gasteiger partial charge in [-0.2, -0.15) is 0 Å². The van der Waals surface area contributed by atoms with Crippen molar-refractivity contribution < 1.29 is 18.3 Å². The molecule has 0 aliphatic carbocycles. The van der Waals surface area contributed by atoms with Crippen LogP contribution < -0.4 is 0 Å². The van der Waals surface area contributed by atoms with Gasteiger partial charge in [0.15, 0.2) is 0 Å². The highest BCUT2D eigenvalue weighted by molar-refractivity contribution is 7.91. The van der Waals surface area contributed by atoms with E-state index in [1.165, 1.54) is 42.7 Å². The Morgan fingerprint density at radius 1 is 1.10 bits per heavy atom. The second-order valence-corrected chi connectivity index (χ2v) is 6.47. The van der Waals surface area contributed by atoms with Crippen molar-refractivity contribution in [2.45, 2.75) is 16.7 Å². The average Bonchev–Trinajstić information content (AvgIpc) is 2.47. The van der Waals surface area contributed by atoms with E-state index in [0.717, 1.165) is 0 Å². The number of nitrogens with zero attached hydrogens (tertiary/aromatic N) is 1. The number of aromatic carboxylic acids is 1. The minimum atomic E-state index is -3.73. The lowest BCUT2D eigenvalue weighted by Crippen LogP contribution is -2.04. The zero-order valence-corrected chi connectivity index (χ0v) is 12.1. The van der Waals surface area contributed by atoms with E-state index >= 15 is 0 Å². The van der Waals surface area contributed by atoms with E-state index in [9.17, 15) is 13.2 Å². The Morgan fingerprint density at radius 2 is 1.71 bits per heavy atom. The summed E-state index contributed by atoms with van der Waals surface area (Å²) in [6.45, 7) is 5.51. The van der Waals surface area contributed by atoms with E-state index < -0.39 is 15.8 Å². The maximum absolute atomic E-state index is 12.5. The van der Waals surface area contributed by atoms with Gasteiger partial charge in [-0.1, -0.05) is 6.58 Å². The molecular formula is C15H13NO4S. The summed E-state index contributed by atoms with van der Waals surface area (Å²) in [5.74, 6) is -1.11. The maximum atomic E-state index is 12.5. The average molecular weight is 303 g/mol. The first-order valence-electron chi connectivity index (χ1n) is 6.02. The molecule has 108 valence electrons. The lowest BCUT2D eigenvalue weighted by atomic mass is 10.2. The van der Waals surface area contributed by atoms with Gasteiger partial charge in [0.25, 0.3) is 0 Å². The van der Waals surface area contributed by atoms with Crippen LogP contribution in [0.3, 0.4) is 0 Å². The number of sulfone groups is 1. The van der Waals surface area contributed by atoms with Crippen LogP contribution in [0.15, 0.2) is 59.1 Å². The molecule has 0 unspecified atom stereocenters. The van der Waals surface area contributed by atoms with Crippen LogP contribution >= 0.6 is 0 Å². The highest BCUT2D eigenvalue weighted by atomic mass is 32.2. The molecule has 0 aliphatic heterocycles. The first kappa shape index (κ1) is 14.9. The molecule has 0 bridgehead atoms. The van der Waals surface area contributed by atoms with Crippen molar-refractivity contribution in [3.8, 4) is 0 Å². The summed E-state index contributed by atoms with van der Waals surface area (Å²) < 4.78 is 24.9. The Hall–Kier alpha value is -2.47. The summed E-state index contributed by atoms with van der Waals surface area (Å²) in [6, 6.07) is 6.55. The number of benzene rings is 1. The van der Waals surface area contributed by atoms with Crippen molar-refractivity contribution in [2.75, 3.05) is 0 Å². The summed E-state index contributed by atoms with van der Waals surface area (Å²) >= 11 is 0. The topological polar surface area (TPSA) is 84.3 Å². The van der Waals surface area contributed by atoms with Gasteiger partial charge in [0, 0.05) is 12.4 Å². The Morgan fingerprint density at radius 3 is 2.24 bits per heavy atom. The van der Waals surface area contributed by atoms with Gasteiger partial charge in [0.05, 0.1) is 15.4 Å². The lowest BCUT2D eigenvalue weighted by Gasteiger charge is -2.06. The van der Waals surface area contributed by atoms with Gasteiger partial charge < -0.3 is 5.11 Å². The molecule has 0 spiro atoms. The van der Waals surface area contributed by atoms with Gasteiger partial charge in [-0.15, -0.1) is 0 Å². The molecule has 0 fully saturated rings. The molecule has 21 heavy (non-hydrogen) atoms. The smallest absolute Gasteiger partial charge is 0.335 e. The summed E-state index contributed by atoms with van der Waals surface area (Å²) in [7, 11) is -3.73. The first-order valence-corrected chi connectivity index (χ1v) is 7.50. The molecule has 0 saturated carbocycles. The van der Waals surface area contributed by atoms with Gasteiger partial charge in [0.2, 0.25) is 9.84 Å². The third kappa shape index (κ3) is 3.00. The Labute approximate surface area is 122 Å². The Bertz CT molecular complexity index is 808. The largest absolute Gasteiger partial charge is 0.478 e. The van der Waals surface area contributed by atoms with Crippen molar-refractivity contribution in [1.29, 1.82) is 0 Å². The molecule has 1 aromatic carbocycles. The number of hydrogen-bond donors (Lipinski definition) is 1. The quantitative estimate of drug-likeness (QED) is 0.938. The first-order chi connectivity index (χ1) is 9.82. The molecule has 0 saturated heterocycles. The van der Waals surface area contributed by atoms with Gasteiger partial charge >= 0.3 is 5.97 Å². The SMILES string of the molecule is C=C(C)c1cncc(S(=O)(=O)c2ccc(C(=O)O)cc2)c1. The van der Waals surface area contributed by atoms with Gasteiger partial charge in [0.1, 0.15) is 0 Å². The second kappa shape index (κ2) is 5.49. The van der Waals surface area contributed by atoms with E-state index in [2.05, 4.69) is 11.6 Å². The summed E-state index contributed by atoms with van der Waals surface area (Å²) in [6.07, 6.45) is 2.79. The molecule has 1 N–H and O–H groups in total. The third-order valence-electron chi connectivity index (χ3n) is 2.93. The number of allylic oxidation sites excluding steroid dienone is 1. The Balaban J connectivity index is 2.49. The van der Waals surface area contributed by atoms with Crippen LogP contribution in [0.4, 0.5) is 0 Å². The normalized spacial score (nSPS) is 11.1. The minimum absolute atomic E-state index is 0.0214. The van der Waals surface area contributed by atoms with Crippen LogP contribution in [-0.2, 0) is 9.84 Å². The molecular weight excluding hydrogens is 290 g/mol. The predicted molar refractivity (Wildman–Crippen MR) is 77.8 cm³/mol. The minimum Gasteiger partial charge on any atom is -0.478 e. The molecule has 5 nitrogen and oxygen atoms in total. The van der Waals surface area contributed by atoms with Crippen molar-refractivity contribution in [2.24, 2.45) is 0 Å². The van der Waals surface area contributed by atoms with Gasteiger partial charge in [-0.05, 0) is 48.4 Å². The third-order valence-corrected chi connectivity index (χ3v) is 4.66. The van der Waals surface area contributed by atoms with Crippen molar-refractivity contribution in [1.82, 2.24) is 4.98 Å². The van der Waals surface area contributed by atoms with E-state index in [1.54, 1.807) is 6.92 Å². The molecule has 0 aliphatic rings. The van der Waals surface area contributed by atoms with Crippen LogP contribution in [0.1, 0.15) is 22.8 Å². The standard InChI is InChI=1S/C15H13NO4S/c1-10(2)12-7-14(9-16-8-12)21(19,20)13-5-3-11(4-6-13)15(17)18/h3-9H,1H2,2H3,(H,17,18). The Kier molecular flexibility index (Phi) is 3.90. The maximum Gasteiger partial charge on any atom is 0.335 e. The molecule has 6 heteroatoms. The van der Waals surface area contributed by atoms with Crippen LogP contribution in [-0.4, -0.2) is 24.5 Å². The summed E-state index contributed by atoms with van der Waals surface area (Å²) in [5.41, 5.74) is 1.38. The van der Waals surface area contributed by atoms with Crippen LogP contribution in [0.2, 0.25) is 0 Å². The highest BCUT2D eigenvalue weighted by Crippen LogP contribution is 2.23. The molecule has 1 aromatic heterocycles. The van der Waals surface area contributed by atoms with Crippen molar-refractivity contribution >= 4 is 21.4 Å². The highest BCUT2D eigenvalue weighted by Gasteiger charge is 2.19. The number of aromatic nitrogens is 1. The molecule has 0 amide bonds. The van der Waals surface area contributed by atoms with E-state index in [1.807, 2.05) is 0 Å². The molecule has 1 heterocycles. The molecule has 0 atom stereocenters. The van der Waals surface area contributed by atoms with E-state index in [4.69, 9.17) is 5.11 Å². The summed E-state index contributed by atoms with van der Waals surface area (Å²) in [5, 5.41) is 8.82. The van der Waals surface area contributed by atoms with Gasteiger partial charge in [-0.25, -0.2) is 13.2 Å². The molecule has 2 rings (SSSR count). The van der Waals surface area contributed by atoms with Crippen LogP contribution in [0.5, 0.6) is 0 Å². The lowest BCUT2D eigenvalue weighted by molar-refractivity contribution is 0.0696. The van der Waals surface area contributed by atoms with Crippen LogP contribution in [0.25, 0.3) is 5.57 Å². The van der Waals surface area contributed by atoms with E-state index in [-0.39, 0.29) is 15.4 Å². The number of carbonyl (C=O) groups is 1. The van der Waals surface area contributed by atoms with E-state index in [0.29, 0.717) is 11.1 Å². The van der Waals surface area contributed by atoms with Gasteiger partial charge in [-0.3, -0.25) is 4.98 Å². The summed E-state index contributed by atoms with van der Waals surface area (Å²) in [4.78, 5) is 14.8. The monoisotopic (exact) mass is 303 g/mol.